The Morgan fingerprint density at radius 1 is 1.57 bits per heavy atom. The van der Waals surface area contributed by atoms with Crippen LogP contribution in [-0.2, 0) is 10.3 Å². The van der Waals surface area contributed by atoms with Crippen molar-refractivity contribution in [1.82, 2.24) is 0 Å². The van der Waals surface area contributed by atoms with Crippen molar-refractivity contribution in [3.8, 4) is 5.75 Å². The molecule has 0 aliphatic carbocycles. The molecule has 76 valence electrons. The van der Waals surface area contributed by atoms with Gasteiger partial charge < -0.3 is 15.9 Å². The lowest BCUT2D eigenvalue weighted by Gasteiger charge is -2.20. The van der Waals surface area contributed by atoms with Crippen molar-refractivity contribution in [3.63, 3.8) is 0 Å². The molecule has 0 bridgehead atoms. The summed E-state index contributed by atoms with van der Waals surface area (Å²) < 4.78 is 12.8. The highest BCUT2D eigenvalue weighted by Gasteiger charge is 2.33. The first-order valence-corrected chi connectivity index (χ1v) is 3.87. The van der Waals surface area contributed by atoms with Crippen LogP contribution in [0, 0.1) is 5.82 Å². The van der Waals surface area contributed by atoms with Gasteiger partial charge in [-0.25, -0.2) is 9.18 Å². The monoisotopic (exact) mass is 199 g/mol. The Kier molecular flexibility index (Phi) is 2.44. The average molecular weight is 199 g/mol. The Labute approximate surface area is 79.8 Å². The summed E-state index contributed by atoms with van der Waals surface area (Å²) in [5.74, 6) is -2.31. The largest absolute Gasteiger partial charge is 0.508 e. The molecule has 0 aromatic heterocycles. The number of carbonyl (C=O) groups is 1. The third kappa shape index (κ3) is 1.67. The first kappa shape index (κ1) is 10.5. The first-order valence-electron chi connectivity index (χ1n) is 3.87. The number of carboxylic acid groups (broad SMARTS) is 1. The molecule has 1 atom stereocenters. The van der Waals surface area contributed by atoms with Gasteiger partial charge in [-0.15, -0.1) is 0 Å². The topological polar surface area (TPSA) is 83.6 Å². The van der Waals surface area contributed by atoms with Crippen LogP contribution in [-0.4, -0.2) is 16.2 Å². The number of aromatic hydroxyl groups is 1. The van der Waals surface area contributed by atoms with E-state index in [2.05, 4.69) is 0 Å². The van der Waals surface area contributed by atoms with Gasteiger partial charge in [0, 0.05) is 5.56 Å². The van der Waals surface area contributed by atoms with E-state index in [1.165, 1.54) is 6.92 Å². The minimum absolute atomic E-state index is 0.148. The maximum atomic E-state index is 12.8. The molecule has 0 amide bonds. The lowest BCUT2D eigenvalue weighted by Crippen LogP contribution is -2.41. The molecule has 0 radical (unpaired) electrons. The average Bonchev–Trinajstić information content (AvgIpc) is 2.08. The van der Waals surface area contributed by atoms with Gasteiger partial charge in [0.25, 0.3) is 0 Å². The van der Waals surface area contributed by atoms with Gasteiger partial charge in [-0.3, -0.25) is 0 Å². The van der Waals surface area contributed by atoms with Gasteiger partial charge in [0.15, 0.2) is 0 Å². The van der Waals surface area contributed by atoms with E-state index < -0.39 is 17.3 Å². The second-order valence-corrected chi connectivity index (χ2v) is 3.17. The standard InChI is InChI=1S/C9H10FNO3/c1-9(11,8(13)14)6-4-5(10)2-3-7(6)12/h2-4,12H,11H2,1H3,(H,13,14). The van der Waals surface area contributed by atoms with E-state index in [0.717, 1.165) is 18.2 Å². The van der Waals surface area contributed by atoms with Gasteiger partial charge in [-0.2, -0.15) is 0 Å². The summed E-state index contributed by atoms with van der Waals surface area (Å²) in [4.78, 5) is 10.7. The molecule has 1 aromatic carbocycles. The fraction of sp³-hybridized carbons (Fsp3) is 0.222. The van der Waals surface area contributed by atoms with E-state index in [-0.39, 0.29) is 11.3 Å². The summed E-state index contributed by atoms with van der Waals surface area (Å²) in [6.07, 6.45) is 0. The smallest absolute Gasteiger partial charge is 0.328 e. The van der Waals surface area contributed by atoms with E-state index in [9.17, 15) is 14.3 Å². The second-order valence-electron chi connectivity index (χ2n) is 3.17. The quantitative estimate of drug-likeness (QED) is 0.657. The second kappa shape index (κ2) is 3.26. The van der Waals surface area contributed by atoms with Gasteiger partial charge >= 0.3 is 5.97 Å². The van der Waals surface area contributed by atoms with Gasteiger partial charge in [0.2, 0.25) is 0 Å². The van der Waals surface area contributed by atoms with E-state index in [4.69, 9.17) is 10.8 Å². The van der Waals surface area contributed by atoms with E-state index in [1.54, 1.807) is 0 Å². The zero-order valence-corrected chi connectivity index (χ0v) is 7.49. The third-order valence-electron chi connectivity index (χ3n) is 1.96. The molecular weight excluding hydrogens is 189 g/mol. The number of phenolic OH excluding ortho intramolecular Hbond substituents is 1. The summed E-state index contributed by atoms with van der Waals surface area (Å²) >= 11 is 0. The summed E-state index contributed by atoms with van der Waals surface area (Å²) in [6.45, 7) is 1.18. The molecule has 0 fully saturated rings. The highest BCUT2D eigenvalue weighted by atomic mass is 19.1. The van der Waals surface area contributed by atoms with Crippen LogP contribution in [0.1, 0.15) is 12.5 Å². The van der Waals surface area contributed by atoms with Crippen LogP contribution in [0.25, 0.3) is 0 Å². The van der Waals surface area contributed by atoms with Crippen LogP contribution in [0.2, 0.25) is 0 Å². The molecule has 0 heterocycles. The highest BCUT2D eigenvalue weighted by Crippen LogP contribution is 2.27. The molecule has 0 aliphatic rings. The fourth-order valence-corrected chi connectivity index (χ4v) is 1.04. The molecular formula is C9H10FNO3. The summed E-state index contributed by atoms with van der Waals surface area (Å²) in [7, 11) is 0. The number of hydrogen-bond donors (Lipinski definition) is 3. The fourth-order valence-electron chi connectivity index (χ4n) is 1.04. The minimum atomic E-state index is -1.80. The number of halogens is 1. The van der Waals surface area contributed by atoms with Crippen LogP contribution < -0.4 is 5.73 Å². The van der Waals surface area contributed by atoms with Gasteiger partial charge in [0.05, 0.1) is 0 Å². The van der Waals surface area contributed by atoms with Crippen LogP contribution in [0.5, 0.6) is 5.75 Å². The lowest BCUT2D eigenvalue weighted by atomic mass is 9.92. The summed E-state index contributed by atoms with van der Waals surface area (Å²) in [5.41, 5.74) is 3.48. The zero-order chi connectivity index (χ0) is 10.9. The molecule has 4 nitrogen and oxygen atoms in total. The van der Waals surface area contributed by atoms with Crippen LogP contribution in [0.3, 0.4) is 0 Å². The van der Waals surface area contributed by atoms with Gasteiger partial charge in [-0.1, -0.05) is 0 Å². The predicted molar refractivity (Wildman–Crippen MR) is 47.2 cm³/mol. The Bertz CT molecular complexity index is 376. The predicted octanol–water partition coefficient (Wildman–Crippen LogP) is 0.790. The van der Waals surface area contributed by atoms with Crippen molar-refractivity contribution < 1.29 is 19.4 Å². The number of benzene rings is 1. The molecule has 14 heavy (non-hydrogen) atoms. The first-order chi connectivity index (χ1) is 6.35. The number of hydrogen-bond acceptors (Lipinski definition) is 3. The number of nitrogens with two attached hydrogens (primary N) is 1. The van der Waals surface area contributed by atoms with Crippen molar-refractivity contribution in [3.05, 3.63) is 29.6 Å². The Morgan fingerprint density at radius 2 is 2.14 bits per heavy atom. The van der Waals surface area contributed by atoms with E-state index in [1.807, 2.05) is 0 Å². The summed E-state index contributed by atoms with van der Waals surface area (Å²) in [5, 5.41) is 18.1. The number of aliphatic carboxylic acids is 1. The van der Waals surface area contributed by atoms with Crippen LogP contribution in [0.4, 0.5) is 4.39 Å². The van der Waals surface area contributed by atoms with Crippen molar-refractivity contribution in [2.24, 2.45) is 5.73 Å². The van der Waals surface area contributed by atoms with Gasteiger partial charge in [0.1, 0.15) is 17.1 Å². The van der Waals surface area contributed by atoms with E-state index >= 15 is 0 Å². The maximum Gasteiger partial charge on any atom is 0.328 e. The Hall–Kier alpha value is -1.62. The minimum Gasteiger partial charge on any atom is -0.508 e. The summed E-state index contributed by atoms with van der Waals surface area (Å²) in [6, 6.07) is 3.00. The van der Waals surface area contributed by atoms with Crippen LogP contribution in [0.15, 0.2) is 18.2 Å². The molecule has 0 saturated heterocycles. The molecule has 1 unspecified atom stereocenters. The molecule has 4 N–H and O–H groups in total. The van der Waals surface area contributed by atoms with Crippen LogP contribution >= 0.6 is 0 Å². The highest BCUT2D eigenvalue weighted by molar-refractivity contribution is 5.80. The molecule has 5 heteroatoms. The van der Waals surface area contributed by atoms with Crippen molar-refractivity contribution >= 4 is 5.97 Å². The number of rotatable bonds is 2. The molecule has 1 aromatic rings. The SMILES string of the molecule is CC(N)(C(=O)O)c1cc(F)ccc1O. The number of phenols is 1. The lowest BCUT2D eigenvalue weighted by molar-refractivity contribution is -0.143. The normalized spacial score (nSPS) is 14.8. The van der Waals surface area contributed by atoms with Crippen molar-refractivity contribution in [1.29, 1.82) is 0 Å². The molecule has 0 saturated carbocycles. The molecule has 0 spiro atoms. The zero-order valence-electron chi connectivity index (χ0n) is 7.49. The van der Waals surface area contributed by atoms with E-state index in [0.29, 0.717) is 0 Å². The molecule has 0 aliphatic heterocycles. The van der Waals surface area contributed by atoms with Gasteiger partial charge in [-0.05, 0) is 25.1 Å². The van der Waals surface area contributed by atoms with Crippen molar-refractivity contribution in [2.45, 2.75) is 12.5 Å². The van der Waals surface area contributed by atoms with Crippen molar-refractivity contribution in [2.75, 3.05) is 0 Å². The Morgan fingerprint density at radius 3 is 2.64 bits per heavy atom. The number of carboxylic acids is 1. The third-order valence-corrected chi connectivity index (χ3v) is 1.96. The molecule has 1 rings (SSSR count). The maximum absolute atomic E-state index is 12.8. The Balaban J connectivity index is 3.31.